The molecular weight excluding hydrogens is 493 g/mol. The zero-order valence-corrected chi connectivity index (χ0v) is 20.2. The van der Waals surface area contributed by atoms with Crippen LogP contribution in [0, 0.1) is 0 Å². The predicted molar refractivity (Wildman–Crippen MR) is 129 cm³/mol. The van der Waals surface area contributed by atoms with E-state index in [1.807, 2.05) is 0 Å². The highest BCUT2D eigenvalue weighted by Gasteiger charge is 2.24. The molecule has 194 valence electrons. The van der Waals surface area contributed by atoms with E-state index in [2.05, 4.69) is 20.5 Å². The third kappa shape index (κ3) is 10.1. The Morgan fingerprint density at radius 3 is 2.25 bits per heavy atom. The van der Waals surface area contributed by atoms with Crippen molar-refractivity contribution in [1.82, 2.24) is 10.6 Å². The molecule has 0 fully saturated rings. The number of rotatable bonds is 12. The van der Waals surface area contributed by atoms with Crippen LogP contribution in [0.1, 0.15) is 36.9 Å². The van der Waals surface area contributed by atoms with Gasteiger partial charge in [-0.15, -0.1) is 0 Å². The third-order valence-electron chi connectivity index (χ3n) is 4.83. The van der Waals surface area contributed by atoms with Crippen LogP contribution in [0.15, 0.2) is 48.5 Å². The average molecular weight is 521 g/mol. The molecule has 2 atom stereocenters. The van der Waals surface area contributed by atoms with Crippen molar-refractivity contribution in [2.24, 2.45) is 11.5 Å². The summed E-state index contributed by atoms with van der Waals surface area (Å²) < 4.78 is 15.5. The number of amides is 5. The highest BCUT2D eigenvalue weighted by molar-refractivity contribution is 7.46. The van der Waals surface area contributed by atoms with Crippen LogP contribution in [0.25, 0.3) is 0 Å². The number of phosphoric acid groups is 1. The lowest BCUT2D eigenvalue weighted by Gasteiger charge is -2.24. The molecule has 0 saturated heterocycles. The van der Waals surface area contributed by atoms with Gasteiger partial charge in [0.25, 0.3) is 0 Å². The molecule has 0 aliphatic carbocycles. The first-order chi connectivity index (χ1) is 16.8. The Kier molecular flexibility index (Phi) is 9.97. The Hall–Kier alpha value is -3.93. The minimum atomic E-state index is -4.72. The molecule has 5 amide bonds. The van der Waals surface area contributed by atoms with E-state index in [0.717, 1.165) is 0 Å². The second kappa shape index (κ2) is 12.7. The molecule has 0 saturated carbocycles. The van der Waals surface area contributed by atoms with Crippen LogP contribution in [0.4, 0.5) is 10.5 Å². The monoisotopic (exact) mass is 521 g/mol. The smallest absolute Gasteiger partial charge is 0.404 e. The van der Waals surface area contributed by atoms with Crippen molar-refractivity contribution in [2.45, 2.75) is 38.3 Å². The maximum absolute atomic E-state index is 13.2. The number of hydrogen-bond acceptors (Lipinski definition) is 6. The molecule has 2 rings (SSSR count). The molecule has 0 spiro atoms. The fourth-order valence-corrected chi connectivity index (χ4v) is 3.77. The van der Waals surface area contributed by atoms with E-state index in [0.29, 0.717) is 16.8 Å². The number of carbonyl (C=O) groups is 4. The molecule has 2 aromatic rings. The van der Waals surface area contributed by atoms with Gasteiger partial charge in [-0.3, -0.25) is 24.2 Å². The summed E-state index contributed by atoms with van der Waals surface area (Å²) in [7, 11) is -4.72. The Labute approximate surface area is 206 Å². The number of anilines is 1. The number of phosphoric ester groups is 1. The van der Waals surface area contributed by atoms with Gasteiger partial charge in [0.2, 0.25) is 17.7 Å². The molecule has 0 aliphatic rings. The van der Waals surface area contributed by atoms with Crippen LogP contribution in [0.2, 0.25) is 0 Å². The molecule has 2 aromatic carbocycles. The molecule has 0 bridgehead atoms. The normalized spacial score (nSPS) is 12.6. The third-order valence-corrected chi connectivity index (χ3v) is 5.28. The number of nitrogens with one attached hydrogen (secondary N) is 3. The summed E-state index contributed by atoms with van der Waals surface area (Å²) in [5.41, 5.74) is 12.0. The van der Waals surface area contributed by atoms with Crippen molar-refractivity contribution in [2.75, 3.05) is 5.32 Å². The highest BCUT2D eigenvalue weighted by Crippen LogP contribution is 2.37. The van der Waals surface area contributed by atoms with E-state index in [1.165, 1.54) is 31.2 Å². The molecule has 0 heterocycles. The first kappa shape index (κ1) is 28.3. The largest absolute Gasteiger partial charge is 0.524 e. The number of benzene rings is 2. The molecule has 14 heteroatoms. The maximum atomic E-state index is 13.2. The predicted octanol–water partition coefficient (Wildman–Crippen LogP) is 0.819. The summed E-state index contributed by atoms with van der Waals surface area (Å²) in [5, 5.41) is 7.81. The second-order valence-electron chi connectivity index (χ2n) is 7.86. The van der Waals surface area contributed by atoms with Gasteiger partial charge in [0.05, 0.1) is 6.04 Å². The Morgan fingerprint density at radius 1 is 1.03 bits per heavy atom. The summed E-state index contributed by atoms with van der Waals surface area (Å²) in [6.07, 6.45) is 0.167. The standard InChI is InChI=1S/C22H28N5O8P/c1-13(28)25-19(11-14-5-7-17(8-6-14)35-36(32,33)34)21(30)27-18(9-10-20(23)29)15-3-2-4-16(12-15)26-22(24)31/h2-8,12,18-19H,9-11H2,1H3,(H2,23,29)(H,25,28)(H,27,30)(H3,24,26,31)(H2,32,33,34)/t18-,19-/m0/s1. The van der Waals surface area contributed by atoms with Crippen molar-refractivity contribution in [3.8, 4) is 5.75 Å². The highest BCUT2D eigenvalue weighted by atomic mass is 31.2. The minimum Gasteiger partial charge on any atom is -0.404 e. The lowest BCUT2D eigenvalue weighted by molar-refractivity contribution is -0.128. The number of carbonyl (C=O) groups excluding carboxylic acids is 4. The fraction of sp³-hybridized carbons (Fsp3) is 0.273. The van der Waals surface area contributed by atoms with Crippen molar-refractivity contribution < 1.29 is 38.1 Å². The zero-order chi connectivity index (χ0) is 26.9. The molecule has 9 N–H and O–H groups in total. The molecule has 0 unspecified atom stereocenters. The van der Waals surface area contributed by atoms with Crippen molar-refractivity contribution in [3.05, 3.63) is 59.7 Å². The van der Waals surface area contributed by atoms with Gasteiger partial charge in [-0.1, -0.05) is 24.3 Å². The van der Waals surface area contributed by atoms with Crippen LogP contribution in [-0.4, -0.2) is 39.6 Å². The van der Waals surface area contributed by atoms with Gasteiger partial charge >= 0.3 is 13.9 Å². The molecule has 36 heavy (non-hydrogen) atoms. The minimum absolute atomic E-state index is 0.0374. The van der Waals surface area contributed by atoms with Gasteiger partial charge in [0.15, 0.2) is 0 Å². The SMILES string of the molecule is CC(=O)N[C@@H](Cc1ccc(OP(=O)(O)O)cc1)C(=O)N[C@@H](CCC(N)=O)c1cccc(NC(N)=O)c1. The maximum Gasteiger partial charge on any atom is 0.524 e. The fourth-order valence-electron chi connectivity index (χ4n) is 3.37. The lowest BCUT2D eigenvalue weighted by atomic mass is 9.99. The summed E-state index contributed by atoms with van der Waals surface area (Å²) in [6, 6.07) is 9.68. The van der Waals surface area contributed by atoms with Crippen LogP contribution in [-0.2, 0) is 25.4 Å². The number of hydrogen-bond donors (Lipinski definition) is 7. The summed E-state index contributed by atoms with van der Waals surface area (Å²) in [5.74, 6) is -1.65. The van der Waals surface area contributed by atoms with Crippen LogP contribution in [0.3, 0.4) is 0 Å². The topological polar surface area (TPSA) is 223 Å². The van der Waals surface area contributed by atoms with Gasteiger partial charge in [-0.05, 0) is 41.8 Å². The van der Waals surface area contributed by atoms with Gasteiger partial charge in [0, 0.05) is 25.5 Å². The first-order valence-electron chi connectivity index (χ1n) is 10.7. The Morgan fingerprint density at radius 2 is 1.69 bits per heavy atom. The van der Waals surface area contributed by atoms with E-state index in [4.69, 9.17) is 21.3 Å². The molecule has 0 aromatic heterocycles. The van der Waals surface area contributed by atoms with Crippen LogP contribution < -0.4 is 31.9 Å². The van der Waals surface area contributed by atoms with Gasteiger partial charge < -0.3 is 31.9 Å². The number of primary amides is 2. The summed E-state index contributed by atoms with van der Waals surface area (Å²) in [4.78, 5) is 65.3. The number of urea groups is 1. The van der Waals surface area contributed by atoms with Gasteiger partial charge in [-0.2, -0.15) is 0 Å². The van der Waals surface area contributed by atoms with Gasteiger partial charge in [-0.25, -0.2) is 9.36 Å². The number of nitrogens with two attached hydrogens (primary N) is 2. The van der Waals surface area contributed by atoms with Crippen LogP contribution >= 0.6 is 7.82 Å². The molecule has 0 radical (unpaired) electrons. The average Bonchev–Trinajstić information content (AvgIpc) is 2.75. The lowest BCUT2D eigenvalue weighted by Crippen LogP contribution is -2.48. The van der Waals surface area contributed by atoms with Crippen LogP contribution in [0.5, 0.6) is 5.75 Å². The van der Waals surface area contributed by atoms with Crippen molar-refractivity contribution >= 4 is 37.3 Å². The molecule has 0 aliphatic heterocycles. The van der Waals surface area contributed by atoms with Gasteiger partial charge in [0.1, 0.15) is 11.8 Å². The van der Waals surface area contributed by atoms with E-state index in [9.17, 15) is 23.7 Å². The zero-order valence-electron chi connectivity index (χ0n) is 19.3. The summed E-state index contributed by atoms with van der Waals surface area (Å²) >= 11 is 0. The van der Waals surface area contributed by atoms with Crippen molar-refractivity contribution in [1.29, 1.82) is 0 Å². The molecule has 13 nitrogen and oxygen atoms in total. The Bertz CT molecular complexity index is 1150. The Balaban J connectivity index is 2.24. The second-order valence-corrected chi connectivity index (χ2v) is 9.03. The summed E-state index contributed by atoms with van der Waals surface area (Å²) in [6.45, 7) is 1.25. The van der Waals surface area contributed by atoms with E-state index in [1.54, 1.807) is 24.3 Å². The van der Waals surface area contributed by atoms with E-state index in [-0.39, 0.29) is 25.0 Å². The molecular formula is C22H28N5O8P. The van der Waals surface area contributed by atoms with E-state index < -0.39 is 43.7 Å². The first-order valence-corrected chi connectivity index (χ1v) is 12.2. The van der Waals surface area contributed by atoms with Crippen molar-refractivity contribution in [3.63, 3.8) is 0 Å². The van der Waals surface area contributed by atoms with E-state index >= 15 is 0 Å². The quantitative estimate of drug-likeness (QED) is 0.198.